The van der Waals surface area contributed by atoms with Gasteiger partial charge in [0.25, 0.3) is 0 Å². The van der Waals surface area contributed by atoms with Gasteiger partial charge in [0, 0.05) is 32.2 Å². The Morgan fingerprint density at radius 3 is 2.60 bits per heavy atom. The van der Waals surface area contributed by atoms with Gasteiger partial charge in [-0.2, -0.15) is 11.8 Å². The number of urea groups is 1. The van der Waals surface area contributed by atoms with Crippen LogP contribution in [0.2, 0.25) is 0 Å². The molecule has 6 nitrogen and oxygen atoms in total. The first kappa shape index (κ1) is 15.4. The number of hydrogen-bond acceptors (Lipinski definition) is 4. The van der Waals surface area contributed by atoms with E-state index in [0.717, 1.165) is 37.3 Å². The molecule has 0 unspecified atom stereocenters. The largest absolute Gasteiger partial charge is 0.480 e. The van der Waals surface area contributed by atoms with Crippen molar-refractivity contribution in [3.05, 3.63) is 0 Å². The minimum Gasteiger partial charge on any atom is -0.480 e. The molecule has 0 aliphatic carbocycles. The molecular weight excluding hydrogens is 278 g/mol. The molecule has 0 bridgehead atoms. The highest BCUT2D eigenvalue weighted by atomic mass is 32.2. The normalized spacial score (nSPS) is 22.3. The SMILES string of the molecule is O=C(O)CN1CCCN(C(=O)NC2CCSCC2)CC1. The molecule has 0 spiro atoms. The maximum Gasteiger partial charge on any atom is 0.317 e. The highest BCUT2D eigenvalue weighted by Gasteiger charge is 2.23. The Morgan fingerprint density at radius 2 is 1.90 bits per heavy atom. The molecule has 0 atom stereocenters. The molecule has 2 heterocycles. The van der Waals surface area contributed by atoms with Crippen LogP contribution >= 0.6 is 11.8 Å². The number of thioether (sulfide) groups is 1. The van der Waals surface area contributed by atoms with E-state index >= 15 is 0 Å². The Hall–Kier alpha value is -0.950. The summed E-state index contributed by atoms with van der Waals surface area (Å²) in [6.07, 6.45) is 2.94. The predicted octanol–water partition coefficient (Wildman–Crippen LogP) is 0.684. The fourth-order valence-electron chi connectivity index (χ4n) is 2.63. The maximum absolute atomic E-state index is 12.2. The van der Waals surface area contributed by atoms with Crippen molar-refractivity contribution in [3.8, 4) is 0 Å². The molecule has 2 N–H and O–H groups in total. The van der Waals surface area contributed by atoms with Crippen molar-refractivity contribution in [1.82, 2.24) is 15.1 Å². The van der Waals surface area contributed by atoms with Crippen molar-refractivity contribution < 1.29 is 14.7 Å². The van der Waals surface area contributed by atoms with Crippen molar-refractivity contribution in [2.75, 3.05) is 44.2 Å². The molecular formula is C13H23N3O3S. The van der Waals surface area contributed by atoms with E-state index in [-0.39, 0.29) is 12.6 Å². The molecule has 2 aliphatic rings. The summed E-state index contributed by atoms with van der Waals surface area (Å²) in [6, 6.07) is 0.321. The van der Waals surface area contributed by atoms with Gasteiger partial charge in [0.15, 0.2) is 0 Å². The van der Waals surface area contributed by atoms with Gasteiger partial charge in [-0.25, -0.2) is 4.79 Å². The highest BCUT2D eigenvalue weighted by molar-refractivity contribution is 7.99. The monoisotopic (exact) mass is 301 g/mol. The van der Waals surface area contributed by atoms with Crippen molar-refractivity contribution in [2.24, 2.45) is 0 Å². The lowest BCUT2D eigenvalue weighted by molar-refractivity contribution is -0.138. The third kappa shape index (κ3) is 4.86. The Morgan fingerprint density at radius 1 is 1.15 bits per heavy atom. The summed E-state index contributed by atoms with van der Waals surface area (Å²) in [6.45, 7) is 2.77. The van der Waals surface area contributed by atoms with Crippen molar-refractivity contribution >= 4 is 23.8 Å². The molecule has 2 saturated heterocycles. The van der Waals surface area contributed by atoms with Gasteiger partial charge in [0.2, 0.25) is 0 Å². The number of aliphatic carboxylic acids is 1. The molecule has 2 fully saturated rings. The van der Waals surface area contributed by atoms with E-state index in [9.17, 15) is 9.59 Å². The summed E-state index contributed by atoms with van der Waals surface area (Å²) >= 11 is 1.94. The summed E-state index contributed by atoms with van der Waals surface area (Å²) in [5.41, 5.74) is 0. The van der Waals surface area contributed by atoms with Crippen LogP contribution in [-0.4, -0.2) is 77.2 Å². The Balaban J connectivity index is 1.77. The minimum atomic E-state index is -0.803. The Kier molecular flexibility index (Phi) is 5.97. The fourth-order valence-corrected chi connectivity index (χ4v) is 3.74. The van der Waals surface area contributed by atoms with Gasteiger partial charge in [-0.3, -0.25) is 9.69 Å². The second-order valence-electron chi connectivity index (χ2n) is 5.35. The first-order valence-electron chi connectivity index (χ1n) is 7.22. The molecule has 0 radical (unpaired) electrons. The number of carboxylic acids is 1. The number of amides is 2. The summed E-state index contributed by atoms with van der Waals surface area (Å²) in [5.74, 6) is 1.44. The average molecular weight is 301 g/mol. The summed E-state index contributed by atoms with van der Waals surface area (Å²) < 4.78 is 0. The van der Waals surface area contributed by atoms with Crippen LogP contribution in [-0.2, 0) is 4.79 Å². The van der Waals surface area contributed by atoms with E-state index < -0.39 is 5.97 Å². The molecule has 2 aliphatic heterocycles. The number of hydrogen-bond donors (Lipinski definition) is 2. The topological polar surface area (TPSA) is 72.9 Å². The van der Waals surface area contributed by atoms with Crippen LogP contribution in [0.3, 0.4) is 0 Å². The van der Waals surface area contributed by atoms with Crippen LogP contribution in [0, 0.1) is 0 Å². The minimum absolute atomic E-state index is 0.0130. The van der Waals surface area contributed by atoms with Gasteiger partial charge in [0.1, 0.15) is 0 Å². The van der Waals surface area contributed by atoms with E-state index in [4.69, 9.17) is 5.11 Å². The molecule has 2 amide bonds. The maximum atomic E-state index is 12.2. The molecule has 20 heavy (non-hydrogen) atoms. The zero-order valence-corrected chi connectivity index (χ0v) is 12.5. The van der Waals surface area contributed by atoms with Crippen molar-refractivity contribution in [1.29, 1.82) is 0 Å². The van der Waals surface area contributed by atoms with Crippen LogP contribution in [0.15, 0.2) is 0 Å². The molecule has 114 valence electrons. The quantitative estimate of drug-likeness (QED) is 0.802. The Bertz CT molecular complexity index is 348. The Labute approximate surface area is 123 Å². The third-order valence-corrected chi connectivity index (χ3v) is 4.83. The molecule has 7 heteroatoms. The number of nitrogens with one attached hydrogen (secondary N) is 1. The molecule has 0 aromatic heterocycles. The lowest BCUT2D eigenvalue weighted by Crippen LogP contribution is -2.47. The van der Waals surface area contributed by atoms with Crippen molar-refractivity contribution in [3.63, 3.8) is 0 Å². The average Bonchev–Trinajstić information content (AvgIpc) is 2.65. The first-order valence-corrected chi connectivity index (χ1v) is 8.38. The molecule has 2 rings (SSSR count). The number of nitrogens with zero attached hydrogens (tertiary/aromatic N) is 2. The van der Waals surface area contributed by atoms with Gasteiger partial charge in [-0.1, -0.05) is 0 Å². The van der Waals surface area contributed by atoms with Crippen molar-refractivity contribution in [2.45, 2.75) is 25.3 Å². The van der Waals surface area contributed by atoms with Gasteiger partial charge >= 0.3 is 12.0 Å². The first-order chi connectivity index (χ1) is 9.65. The van der Waals surface area contributed by atoms with Gasteiger partial charge < -0.3 is 15.3 Å². The number of rotatable bonds is 3. The zero-order chi connectivity index (χ0) is 14.4. The molecule has 0 aromatic rings. The van der Waals surface area contributed by atoms with Gasteiger partial charge in [-0.05, 0) is 30.8 Å². The highest BCUT2D eigenvalue weighted by Crippen LogP contribution is 2.17. The number of carbonyl (C=O) groups is 2. The molecule has 0 saturated carbocycles. The second-order valence-corrected chi connectivity index (χ2v) is 6.57. The zero-order valence-electron chi connectivity index (χ0n) is 11.7. The van der Waals surface area contributed by atoms with E-state index in [1.54, 1.807) is 0 Å². The van der Waals surface area contributed by atoms with Crippen LogP contribution in [0.4, 0.5) is 4.79 Å². The number of carbonyl (C=O) groups excluding carboxylic acids is 1. The summed E-state index contributed by atoms with van der Waals surface area (Å²) in [7, 11) is 0. The van der Waals surface area contributed by atoms with Gasteiger partial charge in [-0.15, -0.1) is 0 Å². The van der Waals surface area contributed by atoms with Crippen LogP contribution in [0.5, 0.6) is 0 Å². The second kappa shape index (κ2) is 7.73. The third-order valence-electron chi connectivity index (χ3n) is 3.78. The fraction of sp³-hybridized carbons (Fsp3) is 0.846. The van der Waals surface area contributed by atoms with E-state index in [1.165, 1.54) is 0 Å². The van der Waals surface area contributed by atoms with Gasteiger partial charge in [0.05, 0.1) is 6.54 Å². The summed E-state index contributed by atoms with van der Waals surface area (Å²) in [4.78, 5) is 26.7. The van der Waals surface area contributed by atoms with E-state index in [0.29, 0.717) is 25.7 Å². The lowest BCUT2D eigenvalue weighted by Gasteiger charge is -2.27. The lowest BCUT2D eigenvalue weighted by atomic mass is 10.1. The van der Waals surface area contributed by atoms with Crippen LogP contribution in [0.25, 0.3) is 0 Å². The molecule has 0 aromatic carbocycles. The smallest absolute Gasteiger partial charge is 0.317 e. The number of carboxylic acid groups (broad SMARTS) is 1. The standard InChI is InChI=1S/C13H23N3O3S/c17-12(18)10-15-4-1-5-16(7-6-15)13(19)14-11-2-8-20-9-3-11/h11H,1-10H2,(H,14,19)(H,17,18). The van der Waals surface area contributed by atoms with E-state index in [1.807, 2.05) is 21.6 Å². The predicted molar refractivity (Wildman–Crippen MR) is 79.1 cm³/mol. The van der Waals surface area contributed by atoms with Crippen LogP contribution < -0.4 is 5.32 Å². The van der Waals surface area contributed by atoms with Crippen LogP contribution in [0.1, 0.15) is 19.3 Å². The summed E-state index contributed by atoms with van der Waals surface area (Å²) in [5, 5.41) is 11.9. The van der Waals surface area contributed by atoms with E-state index in [2.05, 4.69) is 5.32 Å².